The topological polar surface area (TPSA) is 130 Å². The van der Waals surface area contributed by atoms with Crippen LogP contribution in [-0.2, 0) is 21.1 Å². The number of anilines is 1. The maximum atomic E-state index is 11.9. The summed E-state index contributed by atoms with van der Waals surface area (Å²) in [6.45, 7) is 3.24. The van der Waals surface area contributed by atoms with Gasteiger partial charge in [0.25, 0.3) is 0 Å². The number of amidine groups is 1. The molecular formula is C22H24N8O3S2. The molecule has 0 saturated carbocycles. The van der Waals surface area contributed by atoms with Crippen LogP contribution in [-0.4, -0.2) is 77.5 Å². The molecule has 6 rings (SSSR count). The molecule has 2 aliphatic rings. The van der Waals surface area contributed by atoms with Crippen LogP contribution in [0.3, 0.4) is 0 Å². The molecule has 0 bridgehead atoms. The minimum Gasteiger partial charge on any atom is -0.379 e. The highest BCUT2D eigenvalue weighted by atomic mass is 32.2. The van der Waals surface area contributed by atoms with Gasteiger partial charge in [-0.05, 0) is 29.6 Å². The Morgan fingerprint density at radius 3 is 2.86 bits per heavy atom. The molecule has 1 atom stereocenters. The van der Waals surface area contributed by atoms with Crippen molar-refractivity contribution in [2.75, 3.05) is 37.9 Å². The van der Waals surface area contributed by atoms with Crippen molar-refractivity contribution in [1.29, 1.82) is 0 Å². The van der Waals surface area contributed by atoms with Gasteiger partial charge in [0.15, 0.2) is 22.0 Å². The van der Waals surface area contributed by atoms with E-state index in [0.29, 0.717) is 35.9 Å². The number of aliphatic imine (C=N–C) groups is 1. The quantitative estimate of drug-likeness (QED) is 0.369. The number of rotatable bonds is 5. The summed E-state index contributed by atoms with van der Waals surface area (Å²) in [4.78, 5) is 19.8. The van der Waals surface area contributed by atoms with Crippen molar-refractivity contribution in [3.63, 3.8) is 0 Å². The highest BCUT2D eigenvalue weighted by Gasteiger charge is 2.31. The zero-order valence-electron chi connectivity index (χ0n) is 18.9. The van der Waals surface area contributed by atoms with Gasteiger partial charge in [-0.1, -0.05) is 0 Å². The summed E-state index contributed by atoms with van der Waals surface area (Å²) in [5, 5.41) is 11.2. The van der Waals surface area contributed by atoms with Gasteiger partial charge in [-0.15, -0.1) is 0 Å². The monoisotopic (exact) mass is 512 g/mol. The van der Waals surface area contributed by atoms with Crippen molar-refractivity contribution in [1.82, 2.24) is 29.7 Å². The summed E-state index contributed by atoms with van der Waals surface area (Å²) in [5.41, 5.74) is 3.13. The van der Waals surface area contributed by atoms with E-state index in [2.05, 4.69) is 41.9 Å². The van der Waals surface area contributed by atoms with Crippen LogP contribution < -0.4 is 10.6 Å². The van der Waals surface area contributed by atoms with Crippen LogP contribution in [0, 0.1) is 0 Å². The lowest BCUT2D eigenvalue weighted by Crippen LogP contribution is -2.58. The van der Waals surface area contributed by atoms with Crippen molar-refractivity contribution < 1.29 is 13.2 Å². The summed E-state index contributed by atoms with van der Waals surface area (Å²) in [6, 6.07) is 6.93. The molecule has 1 fully saturated rings. The number of sulfone groups is 1. The number of ether oxygens (including phenoxy) is 1. The average molecular weight is 513 g/mol. The fraction of sp³-hybridized carbons (Fsp3) is 0.318. The van der Waals surface area contributed by atoms with E-state index in [4.69, 9.17) is 9.73 Å². The first-order chi connectivity index (χ1) is 17.0. The van der Waals surface area contributed by atoms with Crippen LogP contribution in [0.5, 0.6) is 0 Å². The molecule has 0 aliphatic carbocycles. The van der Waals surface area contributed by atoms with Gasteiger partial charge in [-0.3, -0.25) is 14.5 Å². The summed E-state index contributed by atoms with van der Waals surface area (Å²) >= 11 is 1.63. The predicted molar refractivity (Wildman–Crippen MR) is 134 cm³/mol. The normalized spacial score (nSPS) is 20.0. The number of aromatic amines is 1. The third-order valence-electron chi connectivity index (χ3n) is 6.05. The van der Waals surface area contributed by atoms with Gasteiger partial charge >= 0.3 is 0 Å². The smallest absolute Gasteiger partial charge is 0.175 e. The summed E-state index contributed by atoms with van der Waals surface area (Å²) in [5.74, 6) is 2.18. The van der Waals surface area contributed by atoms with Crippen LogP contribution >= 0.6 is 11.3 Å². The van der Waals surface area contributed by atoms with Crippen LogP contribution in [0.15, 0.2) is 51.2 Å². The lowest BCUT2D eigenvalue weighted by molar-refractivity contribution is 0.0188. The molecule has 11 nitrogen and oxygen atoms in total. The SMILES string of the molecule is CS(=O)(=O)c1ccc2nc(CN=C3NC(N4CCOCC4)Nc4c3ncn4-c3ccsc3)[nH]c2c1. The maximum absolute atomic E-state index is 11.9. The van der Waals surface area contributed by atoms with E-state index in [-0.39, 0.29) is 17.7 Å². The minimum atomic E-state index is -3.30. The molecule has 35 heavy (non-hydrogen) atoms. The second-order valence-corrected chi connectivity index (χ2v) is 11.2. The number of imidazole rings is 2. The molecule has 1 aromatic carbocycles. The van der Waals surface area contributed by atoms with Gasteiger partial charge in [0.05, 0.1) is 41.4 Å². The molecule has 13 heteroatoms. The number of benzene rings is 1. The first-order valence-corrected chi connectivity index (χ1v) is 14.0. The molecule has 0 spiro atoms. The van der Waals surface area contributed by atoms with E-state index in [1.54, 1.807) is 35.9 Å². The van der Waals surface area contributed by atoms with Gasteiger partial charge in [0, 0.05) is 24.7 Å². The predicted octanol–water partition coefficient (Wildman–Crippen LogP) is 1.79. The number of hydrogen-bond donors (Lipinski definition) is 3. The summed E-state index contributed by atoms with van der Waals surface area (Å²) in [6.07, 6.45) is 2.83. The zero-order chi connectivity index (χ0) is 24.0. The maximum Gasteiger partial charge on any atom is 0.175 e. The zero-order valence-corrected chi connectivity index (χ0v) is 20.6. The Morgan fingerprint density at radius 2 is 2.09 bits per heavy atom. The first-order valence-electron chi connectivity index (χ1n) is 11.1. The number of thiophene rings is 1. The summed E-state index contributed by atoms with van der Waals surface area (Å²) in [7, 11) is -3.30. The molecule has 1 unspecified atom stereocenters. The van der Waals surface area contributed by atoms with Crippen LogP contribution in [0.2, 0.25) is 0 Å². The second kappa shape index (κ2) is 8.75. The molecule has 3 aromatic heterocycles. The van der Waals surface area contributed by atoms with E-state index in [1.165, 1.54) is 6.26 Å². The van der Waals surface area contributed by atoms with E-state index in [9.17, 15) is 8.42 Å². The van der Waals surface area contributed by atoms with Crippen molar-refractivity contribution in [2.24, 2.45) is 4.99 Å². The number of morpholine rings is 1. The third-order valence-corrected chi connectivity index (χ3v) is 7.83. The number of hydrogen-bond acceptors (Lipinski definition) is 9. The highest BCUT2D eigenvalue weighted by Crippen LogP contribution is 2.26. The largest absolute Gasteiger partial charge is 0.379 e. The molecule has 182 valence electrons. The van der Waals surface area contributed by atoms with Crippen LogP contribution in [0.25, 0.3) is 16.7 Å². The van der Waals surface area contributed by atoms with Crippen molar-refractivity contribution in [3.05, 3.63) is 52.9 Å². The van der Waals surface area contributed by atoms with E-state index in [1.807, 2.05) is 9.95 Å². The standard InChI is InChI=1S/C22H24N8O3S2/c1-35(31,32)15-2-3-16-17(10-15)26-18(25-16)11-23-20-19-21(30(13-24-19)14-4-9-34-12-14)28-22(27-20)29-5-7-33-8-6-29/h2-4,9-10,12-13,22,28H,5-8,11H2,1H3,(H,23,27)(H,25,26). The fourth-order valence-corrected chi connectivity index (χ4v) is 5.53. The first kappa shape index (κ1) is 22.2. The van der Waals surface area contributed by atoms with Gasteiger partial charge < -0.3 is 20.4 Å². The highest BCUT2D eigenvalue weighted by molar-refractivity contribution is 7.90. The number of nitrogens with zero attached hydrogens (tertiary/aromatic N) is 5. The molecule has 1 saturated heterocycles. The Balaban J connectivity index is 1.33. The van der Waals surface area contributed by atoms with Gasteiger partial charge in [0.2, 0.25) is 0 Å². The van der Waals surface area contributed by atoms with Crippen molar-refractivity contribution >= 4 is 43.9 Å². The van der Waals surface area contributed by atoms with E-state index >= 15 is 0 Å². The molecule has 5 heterocycles. The van der Waals surface area contributed by atoms with Gasteiger partial charge in [-0.25, -0.2) is 18.4 Å². The Bertz CT molecular complexity index is 1500. The van der Waals surface area contributed by atoms with Gasteiger partial charge in [-0.2, -0.15) is 11.3 Å². The van der Waals surface area contributed by atoms with Crippen LogP contribution in [0.1, 0.15) is 11.5 Å². The lowest BCUT2D eigenvalue weighted by Gasteiger charge is -2.38. The number of fused-ring (bicyclic) bond motifs is 2. The molecule has 0 radical (unpaired) electrons. The Labute approximate surface area is 205 Å². The molecular weight excluding hydrogens is 488 g/mol. The number of aromatic nitrogens is 4. The lowest BCUT2D eigenvalue weighted by atomic mass is 10.3. The Hall–Kier alpha value is -3.26. The van der Waals surface area contributed by atoms with E-state index < -0.39 is 9.84 Å². The number of H-pyrrole nitrogens is 1. The van der Waals surface area contributed by atoms with Crippen molar-refractivity contribution in [2.45, 2.75) is 17.7 Å². The molecule has 3 N–H and O–H groups in total. The van der Waals surface area contributed by atoms with Gasteiger partial charge in [0.1, 0.15) is 23.7 Å². The van der Waals surface area contributed by atoms with Crippen molar-refractivity contribution in [3.8, 4) is 5.69 Å². The van der Waals surface area contributed by atoms with Crippen LogP contribution in [0.4, 0.5) is 5.82 Å². The number of nitrogens with one attached hydrogen (secondary N) is 3. The van der Waals surface area contributed by atoms with E-state index in [0.717, 1.165) is 30.3 Å². The summed E-state index contributed by atoms with van der Waals surface area (Å²) < 4.78 is 31.3. The average Bonchev–Trinajstić information content (AvgIpc) is 3.61. The minimum absolute atomic E-state index is 0.160. The molecule has 2 aliphatic heterocycles. The molecule has 4 aromatic rings. The molecule has 0 amide bonds. The second-order valence-electron chi connectivity index (χ2n) is 8.43. The Kier molecular flexibility index (Phi) is 5.56. The third kappa shape index (κ3) is 4.31. The fourth-order valence-electron chi connectivity index (χ4n) is 4.25. The Morgan fingerprint density at radius 1 is 1.23 bits per heavy atom.